The van der Waals surface area contributed by atoms with Gasteiger partial charge in [-0.3, -0.25) is 14.2 Å². The minimum absolute atomic E-state index is 0.0165. The highest BCUT2D eigenvalue weighted by atomic mass is 19.4. The third-order valence-corrected chi connectivity index (χ3v) is 5.99. The fourth-order valence-electron chi connectivity index (χ4n) is 4.18. The van der Waals surface area contributed by atoms with Crippen molar-refractivity contribution in [2.24, 2.45) is 7.05 Å². The number of alkyl halides is 3. The maximum Gasteiger partial charge on any atom is 0.451 e. The number of likely N-dealkylation sites (tertiary alicyclic amines) is 1. The Bertz CT molecular complexity index is 1350. The molecule has 0 aromatic carbocycles. The molecule has 4 rings (SSSR count). The van der Waals surface area contributed by atoms with Gasteiger partial charge in [-0.2, -0.15) is 13.2 Å². The summed E-state index contributed by atoms with van der Waals surface area (Å²) < 4.78 is 42.3. The zero-order valence-electron chi connectivity index (χ0n) is 18.4. The highest BCUT2D eigenvalue weighted by Crippen LogP contribution is 2.28. The van der Waals surface area contributed by atoms with Gasteiger partial charge in [-0.1, -0.05) is 0 Å². The lowest BCUT2D eigenvalue weighted by Gasteiger charge is -2.31. The van der Waals surface area contributed by atoms with Gasteiger partial charge in [-0.25, -0.2) is 14.5 Å². The molecular formula is C21H23F3N6O3. The molecule has 176 valence electrons. The van der Waals surface area contributed by atoms with Gasteiger partial charge in [0.05, 0.1) is 11.4 Å². The molecule has 9 nitrogen and oxygen atoms in total. The number of hydrogen-bond acceptors (Lipinski definition) is 5. The van der Waals surface area contributed by atoms with Gasteiger partial charge in [0, 0.05) is 38.6 Å². The SMILES string of the molecule is CCn1cc(C(=O)N2CCC(n3nc(C(F)(F)F)n(C)c3=O)CC2)c(=O)c2ccc(C)nc21. The summed E-state index contributed by atoms with van der Waals surface area (Å²) in [6, 6.07) is 2.80. The topological polar surface area (TPSA) is 95.0 Å². The Morgan fingerprint density at radius 3 is 2.42 bits per heavy atom. The smallest absolute Gasteiger partial charge is 0.338 e. The molecule has 3 aromatic rings. The molecule has 3 aromatic heterocycles. The van der Waals surface area contributed by atoms with Crippen LogP contribution in [0, 0.1) is 6.92 Å². The summed E-state index contributed by atoms with van der Waals surface area (Å²) in [7, 11) is 1.03. The predicted molar refractivity (Wildman–Crippen MR) is 113 cm³/mol. The van der Waals surface area contributed by atoms with Crippen LogP contribution < -0.4 is 11.1 Å². The molecule has 0 aliphatic carbocycles. The predicted octanol–water partition coefficient (Wildman–Crippen LogP) is 2.12. The molecule has 1 amide bonds. The zero-order chi connectivity index (χ0) is 24.1. The van der Waals surface area contributed by atoms with Gasteiger partial charge in [-0.15, -0.1) is 5.10 Å². The van der Waals surface area contributed by atoms with Crippen LogP contribution in [0.3, 0.4) is 0 Å². The second-order valence-corrected chi connectivity index (χ2v) is 8.11. The monoisotopic (exact) mass is 464 g/mol. The van der Waals surface area contributed by atoms with Crippen LogP contribution in [0.15, 0.2) is 27.9 Å². The first kappa shape index (κ1) is 22.7. The summed E-state index contributed by atoms with van der Waals surface area (Å²) in [5.41, 5.74) is 0.0135. The molecule has 12 heteroatoms. The van der Waals surface area contributed by atoms with E-state index in [1.54, 1.807) is 16.7 Å². The number of piperidine rings is 1. The quantitative estimate of drug-likeness (QED) is 0.592. The molecule has 4 heterocycles. The fourth-order valence-corrected chi connectivity index (χ4v) is 4.18. The minimum Gasteiger partial charge on any atom is -0.338 e. The van der Waals surface area contributed by atoms with Crippen LogP contribution in [0.5, 0.6) is 0 Å². The molecule has 0 radical (unpaired) electrons. The Morgan fingerprint density at radius 1 is 1.18 bits per heavy atom. The van der Waals surface area contributed by atoms with E-state index in [0.29, 0.717) is 22.1 Å². The summed E-state index contributed by atoms with van der Waals surface area (Å²) in [6.45, 7) is 4.58. The molecule has 0 bridgehead atoms. The largest absolute Gasteiger partial charge is 0.451 e. The Kier molecular flexibility index (Phi) is 5.62. The van der Waals surface area contributed by atoms with Crippen molar-refractivity contribution in [3.05, 3.63) is 56.1 Å². The van der Waals surface area contributed by atoms with Gasteiger partial charge in [0.15, 0.2) is 0 Å². The average molecular weight is 464 g/mol. The summed E-state index contributed by atoms with van der Waals surface area (Å²) in [5, 5.41) is 3.84. The molecule has 1 aliphatic rings. The van der Waals surface area contributed by atoms with Gasteiger partial charge in [0.1, 0.15) is 11.2 Å². The van der Waals surface area contributed by atoms with Gasteiger partial charge in [0.2, 0.25) is 11.3 Å². The first-order valence-corrected chi connectivity index (χ1v) is 10.6. The maximum atomic E-state index is 13.2. The van der Waals surface area contributed by atoms with Crippen molar-refractivity contribution in [3.63, 3.8) is 0 Å². The van der Waals surface area contributed by atoms with Crippen molar-refractivity contribution in [1.82, 2.24) is 28.8 Å². The van der Waals surface area contributed by atoms with Gasteiger partial charge in [0.25, 0.3) is 5.91 Å². The Balaban J connectivity index is 1.58. The second-order valence-electron chi connectivity index (χ2n) is 8.11. The minimum atomic E-state index is -4.74. The molecule has 0 saturated carbocycles. The average Bonchev–Trinajstić information content (AvgIpc) is 3.08. The lowest BCUT2D eigenvalue weighted by atomic mass is 10.0. The zero-order valence-corrected chi connectivity index (χ0v) is 18.4. The molecule has 1 saturated heterocycles. The molecule has 33 heavy (non-hydrogen) atoms. The van der Waals surface area contributed by atoms with Crippen LogP contribution in [-0.4, -0.2) is 47.8 Å². The lowest BCUT2D eigenvalue weighted by molar-refractivity contribution is -0.147. The second kappa shape index (κ2) is 8.16. The van der Waals surface area contributed by atoms with Crippen molar-refractivity contribution < 1.29 is 18.0 Å². The molecule has 0 unspecified atom stereocenters. The van der Waals surface area contributed by atoms with E-state index in [9.17, 15) is 27.6 Å². The number of pyridine rings is 2. The van der Waals surface area contributed by atoms with E-state index < -0.39 is 35.1 Å². The number of aryl methyl sites for hydroxylation is 2. The van der Waals surface area contributed by atoms with Crippen LogP contribution >= 0.6 is 0 Å². The normalized spacial score (nSPS) is 15.4. The van der Waals surface area contributed by atoms with Gasteiger partial charge >= 0.3 is 11.9 Å². The molecule has 0 atom stereocenters. The Morgan fingerprint density at radius 2 is 1.85 bits per heavy atom. The van der Waals surface area contributed by atoms with Crippen LogP contribution in [0.2, 0.25) is 0 Å². The third-order valence-electron chi connectivity index (χ3n) is 5.99. The Labute approximate surface area is 186 Å². The van der Waals surface area contributed by atoms with Crippen molar-refractivity contribution in [3.8, 4) is 0 Å². The van der Waals surface area contributed by atoms with Crippen molar-refractivity contribution in [2.45, 2.75) is 45.5 Å². The first-order valence-electron chi connectivity index (χ1n) is 10.6. The molecule has 0 spiro atoms. The third kappa shape index (κ3) is 3.93. The molecular weight excluding hydrogens is 441 g/mol. The van der Waals surface area contributed by atoms with Crippen LogP contribution in [0.4, 0.5) is 13.2 Å². The van der Waals surface area contributed by atoms with E-state index in [2.05, 4.69) is 10.1 Å². The van der Waals surface area contributed by atoms with Crippen molar-refractivity contribution in [1.29, 1.82) is 0 Å². The van der Waals surface area contributed by atoms with Gasteiger partial charge in [-0.05, 0) is 38.8 Å². The number of carbonyl (C=O) groups is 1. The molecule has 1 fully saturated rings. The highest BCUT2D eigenvalue weighted by molar-refractivity contribution is 5.97. The Hall–Kier alpha value is -3.44. The number of rotatable bonds is 3. The van der Waals surface area contributed by atoms with E-state index in [4.69, 9.17) is 0 Å². The fraction of sp³-hybridized carbons (Fsp3) is 0.476. The standard InChI is InChI=1S/C21H23F3N6O3/c1-4-28-11-15(16(31)14-6-5-12(2)25-17(14)28)18(32)29-9-7-13(8-10-29)30-20(33)27(3)19(26-30)21(22,23)24/h5-6,11,13H,4,7-10H2,1-3H3. The number of nitrogens with zero attached hydrogens (tertiary/aromatic N) is 6. The maximum absolute atomic E-state index is 13.2. The summed E-state index contributed by atoms with van der Waals surface area (Å²) in [4.78, 5) is 44.3. The first-order chi connectivity index (χ1) is 15.5. The molecule has 0 N–H and O–H groups in total. The van der Waals surface area contributed by atoms with Crippen LogP contribution in [0.1, 0.15) is 47.7 Å². The summed E-state index contributed by atoms with van der Waals surface area (Å²) in [6.07, 6.45) is -2.74. The van der Waals surface area contributed by atoms with Crippen molar-refractivity contribution >= 4 is 16.9 Å². The highest BCUT2D eigenvalue weighted by Gasteiger charge is 2.39. The number of fused-ring (bicyclic) bond motifs is 1. The number of hydrogen-bond donors (Lipinski definition) is 0. The van der Waals surface area contributed by atoms with Crippen LogP contribution in [-0.2, 0) is 19.8 Å². The summed E-state index contributed by atoms with van der Waals surface area (Å²) >= 11 is 0. The van der Waals surface area contributed by atoms with E-state index in [0.717, 1.165) is 17.4 Å². The van der Waals surface area contributed by atoms with E-state index in [1.165, 1.54) is 11.1 Å². The van der Waals surface area contributed by atoms with Crippen LogP contribution in [0.25, 0.3) is 11.0 Å². The van der Waals surface area contributed by atoms with Gasteiger partial charge < -0.3 is 9.47 Å². The number of carbonyl (C=O) groups excluding carboxylic acids is 1. The molecule has 1 aliphatic heterocycles. The van der Waals surface area contributed by atoms with E-state index in [-0.39, 0.29) is 31.5 Å². The lowest BCUT2D eigenvalue weighted by Crippen LogP contribution is -2.42. The van der Waals surface area contributed by atoms with Crippen molar-refractivity contribution in [2.75, 3.05) is 13.1 Å². The number of halogens is 3. The number of aromatic nitrogens is 5. The van der Waals surface area contributed by atoms with E-state index >= 15 is 0 Å². The number of amides is 1. The summed E-state index contributed by atoms with van der Waals surface area (Å²) in [5.74, 6) is -1.71. The van der Waals surface area contributed by atoms with E-state index in [1.807, 2.05) is 13.8 Å².